The fourth-order valence-electron chi connectivity index (χ4n) is 2.54. The second kappa shape index (κ2) is 5.78. The maximum atomic E-state index is 12.8. The van der Waals surface area contributed by atoms with E-state index in [2.05, 4.69) is 20.1 Å². The summed E-state index contributed by atoms with van der Waals surface area (Å²) in [7, 11) is 0. The van der Waals surface area contributed by atoms with Crippen molar-refractivity contribution in [2.75, 3.05) is 11.4 Å². The zero-order valence-electron chi connectivity index (χ0n) is 12.7. The van der Waals surface area contributed by atoms with Crippen LogP contribution in [0, 0.1) is 0 Å². The monoisotopic (exact) mass is 327 g/mol. The van der Waals surface area contributed by atoms with Crippen LogP contribution in [-0.4, -0.2) is 26.7 Å². The first kappa shape index (κ1) is 15.7. The average Bonchev–Trinajstić information content (AvgIpc) is 3.15. The molecule has 1 aliphatic rings. The molecule has 0 unspecified atom stereocenters. The van der Waals surface area contributed by atoms with Crippen LogP contribution in [0.15, 0.2) is 16.8 Å². The van der Waals surface area contributed by atoms with E-state index in [9.17, 15) is 13.2 Å². The van der Waals surface area contributed by atoms with E-state index in [1.54, 1.807) is 4.90 Å². The molecule has 0 N–H and O–H groups in total. The molecule has 1 saturated heterocycles. The van der Waals surface area contributed by atoms with Gasteiger partial charge in [-0.2, -0.15) is 18.2 Å². The molecule has 0 aliphatic carbocycles. The second-order valence-corrected chi connectivity index (χ2v) is 5.74. The number of nitrogens with zero attached hydrogens (tertiary/aromatic N) is 5. The first-order valence-corrected chi connectivity index (χ1v) is 7.36. The molecule has 2 aromatic heterocycles. The quantitative estimate of drug-likeness (QED) is 0.861. The van der Waals surface area contributed by atoms with Crippen LogP contribution in [0.5, 0.6) is 0 Å². The van der Waals surface area contributed by atoms with E-state index >= 15 is 0 Å². The Morgan fingerprint density at radius 1 is 1.30 bits per heavy atom. The lowest BCUT2D eigenvalue weighted by molar-refractivity contribution is -0.141. The molecule has 1 aliphatic heterocycles. The fourth-order valence-corrected chi connectivity index (χ4v) is 2.54. The van der Waals surface area contributed by atoms with Crippen molar-refractivity contribution in [1.82, 2.24) is 20.1 Å². The third-order valence-electron chi connectivity index (χ3n) is 3.69. The van der Waals surface area contributed by atoms with Gasteiger partial charge in [0.25, 0.3) is 0 Å². The Bertz CT molecular complexity index is 685. The first-order valence-electron chi connectivity index (χ1n) is 7.36. The predicted molar refractivity (Wildman–Crippen MR) is 74.7 cm³/mol. The topological polar surface area (TPSA) is 67.9 Å². The molecule has 9 heteroatoms. The van der Waals surface area contributed by atoms with E-state index in [1.807, 2.05) is 13.8 Å². The largest absolute Gasteiger partial charge is 0.433 e. The van der Waals surface area contributed by atoms with Crippen LogP contribution in [0.1, 0.15) is 56.1 Å². The van der Waals surface area contributed by atoms with Crippen LogP contribution in [0.3, 0.4) is 0 Å². The lowest BCUT2D eigenvalue weighted by Crippen LogP contribution is -2.26. The van der Waals surface area contributed by atoms with Crippen molar-refractivity contribution >= 4 is 5.95 Å². The molecule has 2 aromatic rings. The van der Waals surface area contributed by atoms with Crippen molar-refractivity contribution in [3.05, 3.63) is 29.7 Å². The Morgan fingerprint density at radius 3 is 2.74 bits per heavy atom. The minimum Gasteiger partial charge on any atom is -0.339 e. The zero-order valence-corrected chi connectivity index (χ0v) is 12.7. The number of halogens is 3. The molecule has 124 valence electrons. The van der Waals surface area contributed by atoms with Crippen molar-refractivity contribution in [3.63, 3.8) is 0 Å². The van der Waals surface area contributed by atoms with Gasteiger partial charge < -0.3 is 9.42 Å². The fraction of sp³-hybridized carbons (Fsp3) is 0.571. The number of hydrogen-bond acceptors (Lipinski definition) is 6. The van der Waals surface area contributed by atoms with Gasteiger partial charge in [-0.15, -0.1) is 0 Å². The highest BCUT2D eigenvalue weighted by Gasteiger charge is 2.36. The normalized spacial score (nSPS) is 18.9. The van der Waals surface area contributed by atoms with Gasteiger partial charge >= 0.3 is 6.18 Å². The number of rotatable bonds is 3. The minimum atomic E-state index is -4.50. The number of hydrogen-bond donors (Lipinski definition) is 0. The van der Waals surface area contributed by atoms with Crippen LogP contribution in [-0.2, 0) is 6.18 Å². The molecule has 0 spiro atoms. The molecular formula is C14H16F3N5O. The smallest absolute Gasteiger partial charge is 0.339 e. The maximum Gasteiger partial charge on any atom is 0.433 e. The second-order valence-electron chi connectivity index (χ2n) is 5.74. The molecule has 0 aromatic carbocycles. The molecule has 6 nitrogen and oxygen atoms in total. The van der Waals surface area contributed by atoms with Crippen LogP contribution >= 0.6 is 0 Å². The van der Waals surface area contributed by atoms with Gasteiger partial charge in [-0.25, -0.2) is 9.97 Å². The van der Waals surface area contributed by atoms with Gasteiger partial charge in [0, 0.05) is 18.7 Å². The minimum absolute atomic E-state index is 0.0400. The van der Waals surface area contributed by atoms with Crippen molar-refractivity contribution in [2.24, 2.45) is 0 Å². The van der Waals surface area contributed by atoms with Gasteiger partial charge in [0.1, 0.15) is 5.69 Å². The molecule has 1 atom stereocenters. The Morgan fingerprint density at radius 2 is 2.09 bits per heavy atom. The lowest BCUT2D eigenvalue weighted by atomic mass is 10.2. The summed E-state index contributed by atoms with van der Waals surface area (Å²) in [5.41, 5.74) is -0.955. The highest BCUT2D eigenvalue weighted by Crippen LogP contribution is 2.35. The standard InChI is InChI=1S/C14H16F3N5O/c1-8(2)12-20-11(21-23-12)9-4-3-7-22(9)13-18-6-5-10(19-13)14(15,16)17/h5-6,8-9H,3-4,7H2,1-2H3/t9-/m0/s1. The summed E-state index contributed by atoms with van der Waals surface area (Å²) in [5, 5.41) is 3.96. The Balaban J connectivity index is 1.89. The van der Waals surface area contributed by atoms with Gasteiger partial charge in [0.2, 0.25) is 11.8 Å². The summed E-state index contributed by atoms with van der Waals surface area (Å²) in [6.07, 6.45) is -1.85. The molecule has 0 radical (unpaired) electrons. The van der Waals surface area contributed by atoms with Crippen molar-refractivity contribution in [2.45, 2.75) is 44.8 Å². The Hall–Kier alpha value is -2.19. The Kier molecular flexibility index (Phi) is 3.95. The molecule has 0 saturated carbocycles. The summed E-state index contributed by atoms with van der Waals surface area (Å²) in [4.78, 5) is 13.7. The number of alkyl halides is 3. The maximum absolute atomic E-state index is 12.8. The zero-order chi connectivity index (χ0) is 16.6. The Labute approximate surface area is 130 Å². The van der Waals surface area contributed by atoms with Gasteiger partial charge in [0.15, 0.2) is 5.82 Å². The van der Waals surface area contributed by atoms with Crippen LogP contribution in [0.25, 0.3) is 0 Å². The van der Waals surface area contributed by atoms with E-state index in [-0.39, 0.29) is 17.9 Å². The SMILES string of the molecule is CC(C)c1nc([C@@H]2CCCN2c2nccc(C(F)(F)F)n2)no1. The molecular weight excluding hydrogens is 311 g/mol. The van der Waals surface area contributed by atoms with E-state index in [4.69, 9.17) is 4.52 Å². The molecule has 0 amide bonds. The molecule has 23 heavy (non-hydrogen) atoms. The van der Waals surface area contributed by atoms with Gasteiger partial charge in [-0.1, -0.05) is 19.0 Å². The third-order valence-corrected chi connectivity index (χ3v) is 3.69. The number of aromatic nitrogens is 4. The van der Waals surface area contributed by atoms with Gasteiger partial charge in [-0.3, -0.25) is 0 Å². The first-order chi connectivity index (χ1) is 10.9. The molecule has 3 heterocycles. The highest BCUT2D eigenvalue weighted by molar-refractivity contribution is 5.36. The summed E-state index contributed by atoms with van der Waals surface area (Å²) >= 11 is 0. The van der Waals surface area contributed by atoms with E-state index in [0.717, 1.165) is 25.1 Å². The summed E-state index contributed by atoms with van der Waals surface area (Å²) in [6.45, 7) is 4.41. The van der Waals surface area contributed by atoms with E-state index < -0.39 is 11.9 Å². The van der Waals surface area contributed by atoms with Crippen molar-refractivity contribution < 1.29 is 17.7 Å². The summed E-state index contributed by atoms with van der Waals surface area (Å²) < 4.78 is 43.6. The van der Waals surface area contributed by atoms with Gasteiger partial charge in [-0.05, 0) is 18.9 Å². The third kappa shape index (κ3) is 3.13. The summed E-state index contributed by atoms with van der Waals surface area (Å²) in [6, 6.07) is 0.592. The molecule has 0 bridgehead atoms. The molecule has 1 fully saturated rings. The average molecular weight is 327 g/mol. The molecule has 3 rings (SSSR count). The van der Waals surface area contributed by atoms with Crippen LogP contribution in [0.2, 0.25) is 0 Å². The van der Waals surface area contributed by atoms with Crippen molar-refractivity contribution in [3.8, 4) is 0 Å². The number of anilines is 1. The summed E-state index contributed by atoms with van der Waals surface area (Å²) in [5.74, 6) is 1.11. The van der Waals surface area contributed by atoms with Crippen LogP contribution in [0.4, 0.5) is 19.1 Å². The van der Waals surface area contributed by atoms with Crippen LogP contribution < -0.4 is 4.90 Å². The highest BCUT2D eigenvalue weighted by atomic mass is 19.4. The van der Waals surface area contributed by atoms with Crippen molar-refractivity contribution in [1.29, 1.82) is 0 Å². The van der Waals surface area contributed by atoms with Gasteiger partial charge in [0.05, 0.1) is 6.04 Å². The lowest BCUT2D eigenvalue weighted by Gasteiger charge is -2.22. The predicted octanol–water partition coefficient (Wildman–Crippen LogP) is 3.34. The van der Waals surface area contributed by atoms with E-state index in [0.29, 0.717) is 18.3 Å². The van der Waals surface area contributed by atoms with E-state index in [1.165, 1.54) is 0 Å².